The molecule has 0 aliphatic carbocycles. The Hall–Kier alpha value is -1.75. The van der Waals surface area contributed by atoms with Crippen molar-refractivity contribution in [1.82, 2.24) is 0 Å². The monoisotopic (exact) mass is 303 g/mol. The van der Waals surface area contributed by atoms with Gasteiger partial charge in [-0.15, -0.1) is 0 Å². The molecular weight excluding hydrogens is 294 g/mol. The molecule has 0 saturated heterocycles. The Labute approximate surface area is 118 Å². The van der Waals surface area contributed by atoms with E-state index in [9.17, 15) is 17.6 Å². The highest BCUT2D eigenvalue weighted by atomic mass is 35.5. The van der Waals surface area contributed by atoms with Crippen molar-refractivity contribution in [3.05, 3.63) is 64.4 Å². The normalized spacial score (nSPS) is 11.4. The zero-order chi connectivity index (χ0) is 14.8. The molecule has 2 aromatic carbocycles. The Morgan fingerprint density at radius 1 is 1.05 bits per heavy atom. The van der Waals surface area contributed by atoms with Gasteiger partial charge in [0.15, 0.2) is 0 Å². The van der Waals surface area contributed by atoms with Crippen molar-refractivity contribution >= 4 is 17.3 Å². The van der Waals surface area contributed by atoms with Crippen molar-refractivity contribution in [2.75, 3.05) is 5.32 Å². The summed E-state index contributed by atoms with van der Waals surface area (Å²) >= 11 is 5.54. The summed E-state index contributed by atoms with van der Waals surface area (Å²) < 4.78 is 51.6. The van der Waals surface area contributed by atoms with E-state index in [-0.39, 0.29) is 17.3 Å². The third-order valence-electron chi connectivity index (χ3n) is 2.70. The molecule has 1 nitrogen and oxygen atoms in total. The second-order valence-corrected chi connectivity index (χ2v) is 4.55. The fourth-order valence-corrected chi connectivity index (χ4v) is 1.85. The van der Waals surface area contributed by atoms with Crippen LogP contribution in [-0.4, -0.2) is 0 Å². The van der Waals surface area contributed by atoms with E-state index in [1.807, 2.05) is 0 Å². The first-order valence-electron chi connectivity index (χ1n) is 5.72. The molecule has 0 amide bonds. The summed E-state index contributed by atoms with van der Waals surface area (Å²) in [4.78, 5) is 0. The van der Waals surface area contributed by atoms with E-state index in [1.165, 1.54) is 30.3 Å². The highest BCUT2D eigenvalue weighted by Gasteiger charge is 2.32. The quantitative estimate of drug-likeness (QED) is 0.777. The van der Waals surface area contributed by atoms with Crippen LogP contribution in [0.15, 0.2) is 42.5 Å². The van der Waals surface area contributed by atoms with E-state index >= 15 is 0 Å². The van der Waals surface area contributed by atoms with E-state index in [0.29, 0.717) is 5.56 Å². The van der Waals surface area contributed by atoms with Gasteiger partial charge in [0.1, 0.15) is 5.82 Å². The maximum absolute atomic E-state index is 13.2. The van der Waals surface area contributed by atoms with Crippen molar-refractivity contribution in [3.63, 3.8) is 0 Å². The second-order valence-electron chi connectivity index (χ2n) is 4.15. The van der Waals surface area contributed by atoms with Gasteiger partial charge in [-0.3, -0.25) is 0 Å². The standard InChI is InChI=1S/C14H10ClF4N/c15-11-6-5-9(7-12(11)16)8-20-13-4-2-1-3-10(13)14(17,18)19/h1-7,20H,8H2. The maximum atomic E-state index is 13.2. The van der Waals surface area contributed by atoms with Gasteiger partial charge in [0.05, 0.1) is 10.6 Å². The third-order valence-corrected chi connectivity index (χ3v) is 3.01. The molecule has 1 N–H and O–H groups in total. The molecule has 6 heteroatoms. The first kappa shape index (κ1) is 14.7. The minimum atomic E-state index is -4.44. The summed E-state index contributed by atoms with van der Waals surface area (Å²) in [6.07, 6.45) is -4.44. The fraction of sp³-hybridized carbons (Fsp3) is 0.143. The van der Waals surface area contributed by atoms with E-state index < -0.39 is 17.6 Å². The molecule has 0 unspecified atom stereocenters. The minimum absolute atomic E-state index is 0.0237. The predicted molar refractivity (Wildman–Crippen MR) is 70.2 cm³/mol. The lowest BCUT2D eigenvalue weighted by Crippen LogP contribution is -2.10. The first-order valence-corrected chi connectivity index (χ1v) is 6.10. The number of nitrogens with one attached hydrogen (secondary N) is 1. The molecule has 0 fully saturated rings. The Morgan fingerprint density at radius 3 is 2.40 bits per heavy atom. The van der Waals surface area contributed by atoms with Gasteiger partial charge in [-0.25, -0.2) is 4.39 Å². The zero-order valence-corrected chi connectivity index (χ0v) is 10.9. The molecular formula is C14H10ClF4N. The number of hydrogen-bond acceptors (Lipinski definition) is 1. The topological polar surface area (TPSA) is 12.0 Å². The van der Waals surface area contributed by atoms with E-state index in [1.54, 1.807) is 6.07 Å². The Balaban J connectivity index is 2.17. The highest BCUT2D eigenvalue weighted by Crippen LogP contribution is 2.34. The van der Waals surface area contributed by atoms with E-state index in [0.717, 1.165) is 6.07 Å². The summed E-state index contributed by atoms with van der Waals surface area (Å²) in [6.45, 7) is 0.0706. The van der Waals surface area contributed by atoms with Crippen molar-refractivity contribution in [2.45, 2.75) is 12.7 Å². The zero-order valence-electron chi connectivity index (χ0n) is 10.1. The van der Waals surface area contributed by atoms with Gasteiger partial charge in [-0.1, -0.05) is 29.8 Å². The number of benzene rings is 2. The highest BCUT2D eigenvalue weighted by molar-refractivity contribution is 6.30. The Kier molecular flexibility index (Phi) is 4.18. The van der Waals surface area contributed by atoms with Crippen LogP contribution < -0.4 is 5.32 Å². The summed E-state index contributed by atoms with van der Waals surface area (Å²) in [5.74, 6) is -0.602. The molecule has 2 rings (SSSR count). The molecule has 20 heavy (non-hydrogen) atoms. The van der Waals surface area contributed by atoms with Crippen molar-refractivity contribution < 1.29 is 17.6 Å². The van der Waals surface area contributed by atoms with Crippen LogP contribution in [0, 0.1) is 5.82 Å². The molecule has 0 radical (unpaired) electrons. The van der Waals surface area contributed by atoms with Crippen LogP contribution >= 0.6 is 11.6 Å². The molecule has 0 aliphatic heterocycles. The molecule has 2 aromatic rings. The number of alkyl halides is 3. The van der Waals surface area contributed by atoms with Gasteiger partial charge in [0, 0.05) is 12.2 Å². The van der Waals surface area contributed by atoms with Crippen LogP contribution in [0.25, 0.3) is 0 Å². The molecule has 0 heterocycles. The minimum Gasteiger partial charge on any atom is -0.380 e. The van der Waals surface area contributed by atoms with Gasteiger partial charge in [0.2, 0.25) is 0 Å². The molecule has 0 saturated carbocycles. The van der Waals surface area contributed by atoms with Gasteiger partial charge < -0.3 is 5.32 Å². The summed E-state index contributed by atoms with van der Waals surface area (Å²) in [6, 6.07) is 9.24. The van der Waals surface area contributed by atoms with E-state index in [2.05, 4.69) is 5.32 Å². The van der Waals surface area contributed by atoms with Crippen LogP contribution in [0.4, 0.5) is 23.2 Å². The van der Waals surface area contributed by atoms with E-state index in [4.69, 9.17) is 11.6 Å². The Bertz CT molecular complexity index is 610. The number of rotatable bonds is 3. The second kappa shape index (κ2) is 5.71. The molecule has 0 atom stereocenters. The molecule has 0 aliphatic rings. The van der Waals surface area contributed by atoms with Crippen LogP contribution in [0.3, 0.4) is 0 Å². The smallest absolute Gasteiger partial charge is 0.380 e. The van der Waals surface area contributed by atoms with Crippen molar-refractivity contribution in [2.24, 2.45) is 0 Å². The largest absolute Gasteiger partial charge is 0.418 e. The van der Waals surface area contributed by atoms with Crippen LogP contribution in [-0.2, 0) is 12.7 Å². The average Bonchev–Trinajstić information content (AvgIpc) is 2.39. The van der Waals surface area contributed by atoms with Gasteiger partial charge in [-0.2, -0.15) is 13.2 Å². The SMILES string of the molecule is Fc1cc(CNc2ccccc2C(F)(F)F)ccc1Cl. The molecule has 0 bridgehead atoms. The van der Waals surface area contributed by atoms with Gasteiger partial charge in [0.25, 0.3) is 0 Å². The summed E-state index contributed by atoms with van der Waals surface area (Å²) in [7, 11) is 0. The summed E-state index contributed by atoms with van der Waals surface area (Å²) in [5.41, 5.74) is -0.298. The van der Waals surface area contributed by atoms with Crippen molar-refractivity contribution in [1.29, 1.82) is 0 Å². The summed E-state index contributed by atoms with van der Waals surface area (Å²) in [5, 5.41) is 2.63. The van der Waals surface area contributed by atoms with Gasteiger partial charge in [-0.05, 0) is 29.8 Å². The lowest BCUT2D eigenvalue weighted by Gasteiger charge is -2.14. The molecule has 0 aromatic heterocycles. The maximum Gasteiger partial charge on any atom is 0.418 e. The lowest BCUT2D eigenvalue weighted by molar-refractivity contribution is -0.136. The average molecular weight is 304 g/mol. The van der Waals surface area contributed by atoms with Gasteiger partial charge >= 0.3 is 6.18 Å². The molecule has 0 spiro atoms. The number of halogens is 5. The van der Waals surface area contributed by atoms with Crippen LogP contribution in [0.5, 0.6) is 0 Å². The number of anilines is 1. The first-order chi connectivity index (χ1) is 9.38. The van der Waals surface area contributed by atoms with Crippen molar-refractivity contribution in [3.8, 4) is 0 Å². The third kappa shape index (κ3) is 3.42. The Morgan fingerprint density at radius 2 is 1.75 bits per heavy atom. The number of hydrogen-bond donors (Lipinski definition) is 1. The number of para-hydroxylation sites is 1. The van der Waals surface area contributed by atoms with Crippen LogP contribution in [0.2, 0.25) is 5.02 Å². The van der Waals surface area contributed by atoms with Crippen LogP contribution in [0.1, 0.15) is 11.1 Å². The molecule has 106 valence electrons. The fourth-order valence-electron chi connectivity index (χ4n) is 1.73. The predicted octanol–water partition coefficient (Wildman–Crippen LogP) is 5.11. The lowest BCUT2D eigenvalue weighted by atomic mass is 10.1.